The molecule has 0 bridgehead atoms. The molecule has 1 aliphatic rings. The summed E-state index contributed by atoms with van der Waals surface area (Å²) in [4.78, 5) is 10.1. The van der Waals surface area contributed by atoms with Crippen molar-refractivity contribution in [1.82, 2.24) is 0 Å². The van der Waals surface area contributed by atoms with E-state index in [1.54, 1.807) is 0 Å². The summed E-state index contributed by atoms with van der Waals surface area (Å²) in [6.45, 7) is 0.0233. The lowest BCUT2D eigenvalue weighted by Gasteiger charge is -2.23. The number of aliphatic hydroxyl groups is 1. The number of nitro benzene ring substituents is 1. The van der Waals surface area contributed by atoms with Gasteiger partial charge in [-0.1, -0.05) is 24.4 Å². The minimum Gasteiger partial charge on any atom is -0.388 e. The number of nitrogens with zero attached hydrogens (tertiary/aromatic N) is 1. The van der Waals surface area contributed by atoms with E-state index in [0.29, 0.717) is 18.9 Å². The predicted octanol–water partition coefficient (Wildman–Crippen LogP) is 3.98. The SMILES string of the molecule is O=[N+]([O-])c1cc(C(F)(F)F)c(Cl)cc1NCC1(O)CCCC1. The van der Waals surface area contributed by atoms with Gasteiger partial charge in [0.15, 0.2) is 0 Å². The first kappa shape index (κ1) is 16.8. The van der Waals surface area contributed by atoms with Gasteiger partial charge in [-0.05, 0) is 18.9 Å². The van der Waals surface area contributed by atoms with Crippen LogP contribution in [-0.2, 0) is 6.18 Å². The average Bonchev–Trinajstić information content (AvgIpc) is 2.82. The molecule has 1 saturated carbocycles. The van der Waals surface area contributed by atoms with Crippen LogP contribution in [0.25, 0.3) is 0 Å². The van der Waals surface area contributed by atoms with Crippen LogP contribution in [0.1, 0.15) is 31.2 Å². The lowest BCUT2D eigenvalue weighted by atomic mass is 10.0. The first-order valence-electron chi connectivity index (χ1n) is 6.64. The summed E-state index contributed by atoms with van der Waals surface area (Å²) in [6, 6.07) is 1.28. The van der Waals surface area contributed by atoms with E-state index in [2.05, 4.69) is 5.32 Å². The normalized spacial score (nSPS) is 17.5. The summed E-state index contributed by atoms with van der Waals surface area (Å²) >= 11 is 5.58. The molecule has 2 N–H and O–H groups in total. The largest absolute Gasteiger partial charge is 0.418 e. The molecule has 0 spiro atoms. The van der Waals surface area contributed by atoms with Crippen LogP contribution in [0, 0.1) is 10.1 Å². The zero-order valence-electron chi connectivity index (χ0n) is 11.4. The Morgan fingerprint density at radius 3 is 2.45 bits per heavy atom. The van der Waals surface area contributed by atoms with E-state index in [9.17, 15) is 28.4 Å². The molecule has 0 heterocycles. The van der Waals surface area contributed by atoms with Gasteiger partial charge in [0.25, 0.3) is 5.69 Å². The molecule has 0 aromatic heterocycles. The maximum atomic E-state index is 12.7. The van der Waals surface area contributed by atoms with Crippen LogP contribution in [0.2, 0.25) is 5.02 Å². The molecule has 0 aliphatic heterocycles. The maximum absolute atomic E-state index is 12.7. The predicted molar refractivity (Wildman–Crippen MR) is 75.0 cm³/mol. The number of benzene rings is 1. The molecule has 22 heavy (non-hydrogen) atoms. The molecule has 0 amide bonds. The Balaban J connectivity index is 2.30. The fourth-order valence-electron chi connectivity index (χ4n) is 2.54. The van der Waals surface area contributed by atoms with Gasteiger partial charge in [-0.25, -0.2) is 0 Å². The molecule has 9 heteroatoms. The van der Waals surface area contributed by atoms with E-state index in [-0.39, 0.29) is 12.2 Å². The molecule has 1 aromatic rings. The van der Waals surface area contributed by atoms with Gasteiger partial charge < -0.3 is 10.4 Å². The van der Waals surface area contributed by atoms with Gasteiger partial charge in [0.2, 0.25) is 0 Å². The van der Waals surface area contributed by atoms with Crippen LogP contribution in [0.15, 0.2) is 12.1 Å². The lowest BCUT2D eigenvalue weighted by Crippen LogP contribution is -2.33. The van der Waals surface area contributed by atoms with E-state index >= 15 is 0 Å². The van der Waals surface area contributed by atoms with Gasteiger partial charge in [0, 0.05) is 12.6 Å². The second-order valence-corrected chi connectivity index (χ2v) is 5.80. The molecule has 1 aliphatic carbocycles. The molecule has 1 aromatic carbocycles. The van der Waals surface area contributed by atoms with E-state index in [1.165, 1.54) is 0 Å². The summed E-state index contributed by atoms with van der Waals surface area (Å²) in [6.07, 6.45) is -2.00. The van der Waals surface area contributed by atoms with Gasteiger partial charge in [-0.3, -0.25) is 10.1 Å². The number of rotatable bonds is 4. The summed E-state index contributed by atoms with van der Waals surface area (Å²) < 4.78 is 38.2. The highest BCUT2D eigenvalue weighted by Crippen LogP contribution is 2.40. The van der Waals surface area contributed by atoms with Crippen LogP contribution in [-0.4, -0.2) is 22.2 Å². The fourth-order valence-corrected chi connectivity index (χ4v) is 2.81. The third-order valence-electron chi connectivity index (χ3n) is 3.73. The van der Waals surface area contributed by atoms with Crippen molar-refractivity contribution < 1.29 is 23.2 Å². The second kappa shape index (κ2) is 5.92. The zero-order valence-corrected chi connectivity index (χ0v) is 12.2. The summed E-state index contributed by atoms with van der Waals surface area (Å²) in [5.41, 5.74) is -3.11. The third kappa shape index (κ3) is 3.61. The average molecular weight is 339 g/mol. The Labute approximate surface area is 129 Å². The van der Waals surface area contributed by atoms with Crippen molar-refractivity contribution >= 4 is 23.0 Å². The first-order chi connectivity index (χ1) is 10.1. The Morgan fingerprint density at radius 1 is 1.36 bits per heavy atom. The van der Waals surface area contributed by atoms with E-state index in [1.807, 2.05) is 0 Å². The molecular weight excluding hydrogens is 325 g/mol. The van der Waals surface area contributed by atoms with Crippen LogP contribution < -0.4 is 5.32 Å². The highest BCUT2D eigenvalue weighted by Gasteiger charge is 2.37. The van der Waals surface area contributed by atoms with Gasteiger partial charge >= 0.3 is 6.18 Å². The smallest absolute Gasteiger partial charge is 0.388 e. The van der Waals surface area contributed by atoms with Crippen LogP contribution >= 0.6 is 11.6 Å². The maximum Gasteiger partial charge on any atom is 0.418 e. The lowest BCUT2D eigenvalue weighted by molar-refractivity contribution is -0.384. The van der Waals surface area contributed by atoms with Crippen LogP contribution in [0.4, 0.5) is 24.5 Å². The molecule has 5 nitrogen and oxygen atoms in total. The third-order valence-corrected chi connectivity index (χ3v) is 4.04. The van der Waals surface area contributed by atoms with Crippen molar-refractivity contribution in [3.8, 4) is 0 Å². The standard InChI is InChI=1S/C13H14ClF3N2O3/c14-9-6-10(18-7-12(20)3-1-2-4-12)11(19(21)22)5-8(9)13(15,16)17/h5-6,18,20H,1-4,7H2. The molecular formula is C13H14ClF3N2O3. The summed E-state index contributed by atoms with van der Waals surface area (Å²) in [7, 11) is 0. The number of hydrogen-bond donors (Lipinski definition) is 2. The number of anilines is 1. The monoisotopic (exact) mass is 338 g/mol. The van der Waals surface area contributed by atoms with Gasteiger partial charge in [0.05, 0.1) is 21.1 Å². The highest BCUT2D eigenvalue weighted by atomic mass is 35.5. The number of hydrogen-bond acceptors (Lipinski definition) is 4. The van der Waals surface area contributed by atoms with Crippen molar-refractivity contribution in [2.24, 2.45) is 0 Å². The Morgan fingerprint density at radius 2 is 1.95 bits per heavy atom. The molecule has 1 fully saturated rings. The van der Waals surface area contributed by atoms with Gasteiger partial charge in [0.1, 0.15) is 5.69 Å². The minimum absolute atomic E-state index is 0.0233. The highest BCUT2D eigenvalue weighted by molar-refractivity contribution is 6.31. The Kier molecular flexibility index (Phi) is 4.53. The second-order valence-electron chi connectivity index (χ2n) is 5.39. The quantitative estimate of drug-likeness (QED) is 0.643. The molecule has 0 unspecified atom stereocenters. The molecule has 0 radical (unpaired) electrons. The van der Waals surface area contributed by atoms with Crippen molar-refractivity contribution in [3.05, 3.63) is 32.8 Å². The molecule has 0 saturated heterocycles. The van der Waals surface area contributed by atoms with Crippen molar-refractivity contribution in [2.45, 2.75) is 37.5 Å². The zero-order chi connectivity index (χ0) is 16.5. The van der Waals surface area contributed by atoms with Crippen molar-refractivity contribution in [3.63, 3.8) is 0 Å². The van der Waals surface area contributed by atoms with Crippen LogP contribution in [0.5, 0.6) is 0 Å². The summed E-state index contributed by atoms with van der Waals surface area (Å²) in [5.74, 6) is 0. The number of halogens is 4. The summed E-state index contributed by atoms with van der Waals surface area (Å²) in [5, 5.41) is 23.2. The Hall–Kier alpha value is -1.54. The number of nitro groups is 1. The fraction of sp³-hybridized carbons (Fsp3) is 0.538. The van der Waals surface area contributed by atoms with Crippen molar-refractivity contribution in [1.29, 1.82) is 0 Å². The van der Waals surface area contributed by atoms with E-state index < -0.39 is 33.0 Å². The minimum atomic E-state index is -4.77. The molecule has 2 rings (SSSR count). The first-order valence-corrected chi connectivity index (χ1v) is 7.02. The molecule has 0 atom stereocenters. The van der Waals surface area contributed by atoms with Gasteiger partial charge in [-0.15, -0.1) is 0 Å². The van der Waals surface area contributed by atoms with Gasteiger partial charge in [-0.2, -0.15) is 13.2 Å². The number of alkyl halides is 3. The van der Waals surface area contributed by atoms with Crippen molar-refractivity contribution in [2.75, 3.05) is 11.9 Å². The Bertz CT molecular complexity index is 587. The topological polar surface area (TPSA) is 75.4 Å². The number of nitrogens with one attached hydrogen (secondary N) is 1. The van der Waals surface area contributed by atoms with Crippen LogP contribution in [0.3, 0.4) is 0 Å². The molecule has 122 valence electrons. The van der Waals surface area contributed by atoms with E-state index in [4.69, 9.17) is 11.6 Å². The van der Waals surface area contributed by atoms with E-state index in [0.717, 1.165) is 18.9 Å².